The van der Waals surface area contributed by atoms with Crippen LogP contribution < -0.4 is 16.1 Å². The molecule has 0 aliphatic carbocycles. The maximum absolute atomic E-state index is 12.4. The van der Waals surface area contributed by atoms with Crippen molar-refractivity contribution >= 4 is 11.6 Å². The van der Waals surface area contributed by atoms with Gasteiger partial charge in [-0.15, -0.1) is 0 Å². The SMILES string of the molecule is CCN(C(=O)c1c[nH]c(=O)[nH]c1=O)c1cccc(C)c1. The lowest BCUT2D eigenvalue weighted by Gasteiger charge is -2.21. The van der Waals surface area contributed by atoms with Crippen LogP contribution in [0.25, 0.3) is 0 Å². The van der Waals surface area contributed by atoms with E-state index in [4.69, 9.17) is 0 Å². The summed E-state index contributed by atoms with van der Waals surface area (Å²) in [6.45, 7) is 4.16. The lowest BCUT2D eigenvalue weighted by molar-refractivity contribution is 0.0986. The molecule has 0 saturated heterocycles. The molecule has 0 atom stereocenters. The van der Waals surface area contributed by atoms with E-state index in [0.717, 1.165) is 11.8 Å². The fourth-order valence-corrected chi connectivity index (χ4v) is 1.95. The largest absolute Gasteiger partial charge is 0.325 e. The van der Waals surface area contributed by atoms with Gasteiger partial charge < -0.3 is 9.88 Å². The van der Waals surface area contributed by atoms with Crippen LogP contribution in [0.1, 0.15) is 22.8 Å². The molecule has 1 heterocycles. The van der Waals surface area contributed by atoms with E-state index in [1.807, 2.05) is 37.0 Å². The van der Waals surface area contributed by atoms with Gasteiger partial charge in [-0.3, -0.25) is 14.6 Å². The minimum atomic E-state index is -0.690. The normalized spacial score (nSPS) is 10.3. The Bertz CT molecular complexity index is 746. The van der Waals surface area contributed by atoms with E-state index >= 15 is 0 Å². The minimum Gasteiger partial charge on any atom is -0.313 e. The second-order valence-electron chi connectivity index (χ2n) is 4.37. The predicted octanol–water partition coefficient (Wildman–Crippen LogP) is 1.04. The molecule has 0 bridgehead atoms. The highest BCUT2D eigenvalue weighted by molar-refractivity contribution is 6.05. The molecule has 0 spiro atoms. The number of rotatable bonds is 3. The summed E-state index contributed by atoms with van der Waals surface area (Å²) < 4.78 is 0. The molecule has 0 fully saturated rings. The Labute approximate surface area is 115 Å². The maximum atomic E-state index is 12.4. The molecule has 0 saturated carbocycles. The molecule has 0 aliphatic heterocycles. The van der Waals surface area contributed by atoms with Crippen molar-refractivity contribution in [3.05, 3.63) is 62.4 Å². The van der Waals surface area contributed by atoms with Crippen LogP contribution in [0.3, 0.4) is 0 Å². The topological polar surface area (TPSA) is 86.0 Å². The van der Waals surface area contributed by atoms with Gasteiger partial charge >= 0.3 is 5.69 Å². The number of aromatic nitrogens is 2. The Hall–Kier alpha value is -2.63. The Balaban J connectivity index is 2.44. The summed E-state index contributed by atoms with van der Waals surface area (Å²) in [5.74, 6) is -0.449. The number of H-pyrrole nitrogens is 2. The van der Waals surface area contributed by atoms with Crippen molar-refractivity contribution in [1.29, 1.82) is 0 Å². The monoisotopic (exact) mass is 273 g/mol. The van der Waals surface area contributed by atoms with Crippen molar-refractivity contribution in [2.24, 2.45) is 0 Å². The van der Waals surface area contributed by atoms with Crippen LogP contribution in [0.15, 0.2) is 40.1 Å². The highest BCUT2D eigenvalue weighted by Gasteiger charge is 2.19. The third kappa shape index (κ3) is 2.69. The van der Waals surface area contributed by atoms with Crippen LogP contribution in [-0.4, -0.2) is 22.4 Å². The van der Waals surface area contributed by atoms with E-state index in [1.165, 1.54) is 4.90 Å². The zero-order valence-corrected chi connectivity index (χ0v) is 11.3. The van der Waals surface area contributed by atoms with E-state index < -0.39 is 17.2 Å². The van der Waals surface area contributed by atoms with Gasteiger partial charge in [0.05, 0.1) is 0 Å². The number of hydrogen-bond donors (Lipinski definition) is 2. The first-order valence-electron chi connectivity index (χ1n) is 6.23. The molecular formula is C14H15N3O3. The molecule has 1 aromatic heterocycles. The van der Waals surface area contributed by atoms with Crippen LogP contribution in [0.4, 0.5) is 5.69 Å². The van der Waals surface area contributed by atoms with Crippen LogP contribution in [0.5, 0.6) is 0 Å². The summed E-state index contributed by atoms with van der Waals surface area (Å²) in [5, 5.41) is 0. The summed E-state index contributed by atoms with van der Waals surface area (Å²) in [4.78, 5) is 40.9. The number of benzene rings is 1. The number of nitrogens with one attached hydrogen (secondary N) is 2. The molecule has 6 nitrogen and oxygen atoms in total. The number of aryl methyl sites for hydroxylation is 1. The molecule has 0 unspecified atom stereocenters. The van der Waals surface area contributed by atoms with Crippen molar-refractivity contribution < 1.29 is 4.79 Å². The van der Waals surface area contributed by atoms with E-state index in [-0.39, 0.29) is 5.56 Å². The molecule has 104 valence electrons. The van der Waals surface area contributed by atoms with Crippen molar-refractivity contribution in [1.82, 2.24) is 9.97 Å². The number of hydrogen-bond acceptors (Lipinski definition) is 3. The second kappa shape index (κ2) is 5.56. The average Bonchev–Trinajstić information content (AvgIpc) is 2.39. The quantitative estimate of drug-likeness (QED) is 0.876. The van der Waals surface area contributed by atoms with Crippen molar-refractivity contribution in [2.45, 2.75) is 13.8 Å². The Kier molecular flexibility index (Phi) is 3.84. The number of carbonyl (C=O) groups excluding carboxylic acids is 1. The number of nitrogens with zero attached hydrogens (tertiary/aromatic N) is 1. The van der Waals surface area contributed by atoms with Crippen LogP contribution in [0, 0.1) is 6.92 Å². The summed E-state index contributed by atoms with van der Waals surface area (Å²) in [5.41, 5.74) is 0.315. The van der Waals surface area contributed by atoms with Gasteiger partial charge in [-0.2, -0.15) is 0 Å². The Morgan fingerprint density at radius 2 is 2.05 bits per heavy atom. The smallest absolute Gasteiger partial charge is 0.313 e. The first-order valence-corrected chi connectivity index (χ1v) is 6.23. The van der Waals surface area contributed by atoms with Gasteiger partial charge in [-0.25, -0.2) is 4.79 Å². The lowest BCUT2D eigenvalue weighted by Crippen LogP contribution is -2.37. The molecule has 1 amide bonds. The molecule has 2 N–H and O–H groups in total. The molecular weight excluding hydrogens is 258 g/mol. The predicted molar refractivity (Wildman–Crippen MR) is 76.2 cm³/mol. The third-order valence-electron chi connectivity index (χ3n) is 2.92. The van der Waals surface area contributed by atoms with Gasteiger partial charge in [0.1, 0.15) is 5.56 Å². The fourth-order valence-electron chi connectivity index (χ4n) is 1.95. The van der Waals surface area contributed by atoms with Gasteiger partial charge in [0.25, 0.3) is 11.5 Å². The lowest BCUT2D eigenvalue weighted by atomic mass is 10.2. The zero-order valence-electron chi connectivity index (χ0n) is 11.3. The molecule has 0 radical (unpaired) electrons. The Morgan fingerprint density at radius 1 is 1.30 bits per heavy atom. The van der Waals surface area contributed by atoms with Gasteiger partial charge in [0.2, 0.25) is 0 Å². The second-order valence-corrected chi connectivity index (χ2v) is 4.37. The highest BCUT2D eigenvalue weighted by atomic mass is 16.2. The molecule has 2 aromatic rings. The van der Waals surface area contributed by atoms with Crippen molar-refractivity contribution in [2.75, 3.05) is 11.4 Å². The van der Waals surface area contributed by atoms with E-state index in [0.29, 0.717) is 12.2 Å². The van der Waals surface area contributed by atoms with Crippen LogP contribution >= 0.6 is 0 Å². The molecule has 1 aromatic carbocycles. The summed E-state index contributed by atoms with van der Waals surface area (Å²) >= 11 is 0. The summed E-state index contributed by atoms with van der Waals surface area (Å²) in [6.07, 6.45) is 1.14. The Morgan fingerprint density at radius 3 is 2.65 bits per heavy atom. The standard InChI is InChI=1S/C14H15N3O3/c1-3-17(10-6-4-5-9(2)7-10)13(19)11-8-15-14(20)16-12(11)18/h4-8H,3H2,1-2H3,(H2,15,16,18,20). The number of aromatic amines is 2. The number of anilines is 1. The average molecular weight is 273 g/mol. The number of amides is 1. The summed E-state index contributed by atoms with van der Waals surface area (Å²) in [6, 6.07) is 7.43. The molecule has 2 rings (SSSR count). The van der Waals surface area contributed by atoms with Crippen molar-refractivity contribution in [3.8, 4) is 0 Å². The molecule has 20 heavy (non-hydrogen) atoms. The van der Waals surface area contributed by atoms with E-state index in [9.17, 15) is 14.4 Å². The van der Waals surface area contributed by atoms with E-state index in [1.54, 1.807) is 6.07 Å². The van der Waals surface area contributed by atoms with Gasteiger partial charge in [-0.05, 0) is 31.5 Å². The maximum Gasteiger partial charge on any atom is 0.325 e. The number of carbonyl (C=O) groups is 1. The van der Waals surface area contributed by atoms with E-state index in [2.05, 4.69) is 4.98 Å². The van der Waals surface area contributed by atoms with Gasteiger partial charge in [0, 0.05) is 18.4 Å². The summed E-state index contributed by atoms with van der Waals surface area (Å²) in [7, 11) is 0. The first-order chi connectivity index (χ1) is 9.52. The van der Waals surface area contributed by atoms with Crippen LogP contribution in [-0.2, 0) is 0 Å². The third-order valence-corrected chi connectivity index (χ3v) is 2.92. The van der Waals surface area contributed by atoms with Crippen molar-refractivity contribution in [3.63, 3.8) is 0 Å². The fraction of sp³-hybridized carbons (Fsp3) is 0.214. The molecule has 0 aliphatic rings. The highest BCUT2D eigenvalue weighted by Crippen LogP contribution is 2.17. The first kappa shape index (κ1) is 13.8. The van der Waals surface area contributed by atoms with Gasteiger partial charge in [0.15, 0.2) is 0 Å². The minimum absolute atomic E-state index is 0.0899. The van der Waals surface area contributed by atoms with Gasteiger partial charge in [-0.1, -0.05) is 12.1 Å². The zero-order chi connectivity index (χ0) is 14.7. The molecule has 6 heteroatoms. The van der Waals surface area contributed by atoms with Crippen LogP contribution in [0.2, 0.25) is 0 Å².